The number of esters is 1. The van der Waals surface area contributed by atoms with Crippen LogP contribution in [-0.2, 0) is 14.3 Å². The van der Waals surface area contributed by atoms with Crippen LogP contribution >= 0.6 is 0 Å². The molecule has 0 radical (unpaired) electrons. The third-order valence-electron chi connectivity index (χ3n) is 1.29. The van der Waals surface area contributed by atoms with Gasteiger partial charge in [0.25, 0.3) is 0 Å². The summed E-state index contributed by atoms with van der Waals surface area (Å²) in [4.78, 5) is 21.6. The van der Waals surface area contributed by atoms with Gasteiger partial charge in [-0.1, -0.05) is 13.8 Å². The number of hydrogen-bond donors (Lipinski definition) is 0. The maximum atomic E-state index is 11.0. The quantitative estimate of drug-likeness (QED) is 0.352. The first-order chi connectivity index (χ1) is 5.97. The van der Waals surface area contributed by atoms with Crippen molar-refractivity contribution in [3.8, 4) is 0 Å². The van der Waals surface area contributed by atoms with Gasteiger partial charge in [0.15, 0.2) is 5.78 Å². The minimum absolute atomic E-state index is 0.175. The van der Waals surface area contributed by atoms with E-state index in [1.54, 1.807) is 0 Å². The van der Waals surface area contributed by atoms with E-state index in [9.17, 15) is 14.7 Å². The van der Waals surface area contributed by atoms with Crippen molar-refractivity contribution in [2.75, 3.05) is 7.11 Å². The summed E-state index contributed by atoms with van der Waals surface area (Å²) in [5.74, 6) is -2.06. The monoisotopic (exact) mass is 185 g/mol. The Balaban J connectivity index is 4.22. The Bertz CT molecular complexity index is 228. The lowest BCUT2D eigenvalue weighted by atomic mass is 10.1. The highest BCUT2D eigenvalue weighted by Gasteiger charge is 2.04. The van der Waals surface area contributed by atoms with Gasteiger partial charge in [-0.3, -0.25) is 4.79 Å². The van der Waals surface area contributed by atoms with Crippen molar-refractivity contribution in [2.24, 2.45) is 5.92 Å². The second-order valence-corrected chi connectivity index (χ2v) is 3.06. The zero-order valence-corrected chi connectivity index (χ0v) is 7.99. The van der Waals surface area contributed by atoms with Gasteiger partial charge in [-0.2, -0.15) is 0 Å². The van der Waals surface area contributed by atoms with Crippen molar-refractivity contribution in [3.63, 3.8) is 0 Å². The molecule has 0 aliphatic rings. The van der Waals surface area contributed by atoms with Crippen molar-refractivity contribution in [1.82, 2.24) is 0 Å². The summed E-state index contributed by atoms with van der Waals surface area (Å²) in [6, 6.07) is 0. The molecular weight excluding hydrogens is 172 g/mol. The molecule has 0 aliphatic heterocycles. The molecule has 0 saturated carbocycles. The molecule has 4 nitrogen and oxygen atoms in total. The van der Waals surface area contributed by atoms with E-state index in [1.807, 2.05) is 13.8 Å². The lowest BCUT2D eigenvalue weighted by molar-refractivity contribution is -0.303. The summed E-state index contributed by atoms with van der Waals surface area (Å²) in [5, 5.41) is 10.8. The first-order valence-electron chi connectivity index (χ1n) is 3.97. The van der Waals surface area contributed by atoms with E-state index in [1.165, 1.54) is 0 Å². The lowest BCUT2D eigenvalue weighted by Crippen LogP contribution is -2.18. The number of allylic oxidation sites excluding steroid dienone is 1. The molecule has 0 saturated heterocycles. The minimum Gasteiger partial charge on any atom is -0.868 e. The molecule has 0 aromatic rings. The fourth-order valence-electron chi connectivity index (χ4n) is 0.767. The van der Waals surface area contributed by atoms with E-state index in [2.05, 4.69) is 4.74 Å². The van der Waals surface area contributed by atoms with Gasteiger partial charge in [-0.15, -0.1) is 0 Å². The van der Waals surface area contributed by atoms with Gasteiger partial charge in [0.2, 0.25) is 0 Å². The third-order valence-corrected chi connectivity index (χ3v) is 1.29. The predicted molar refractivity (Wildman–Crippen MR) is 44.6 cm³/mol. The lowest BCUT2D eigenvalue weighted by Gasteiger charge is -2.08. The maximum absolute atomic E-state index is 11.0. The van der Waals surface area contributed by atoms with Crippen molar-refractivity contribution >= 4 is 11.8 Å². The van der Waals surface area contributed by atoms with Crippen LogP contribution in [0.3, 0.4) is 0 Å². The summed E-state index contributed by atoms with van der Waals surface area (Å²) >= 11 is 0. The Morgan fingerprint density at radius 1 is 1.46 bits per heavy atom. The predicted octanol–water partition coefficient (Wildman–Crippen LogP) is 0.0188. The van der Waals surface area contributed by atoms with Crippen LogP contribution < -0.4 is 5.11 Å². The van der Waals surface area contributed by atoms with E-state index >= 15 is 0 Å². The highest BCUT2D eigenvalue weighted by atomic mass is 16.5. The molecule has 0 aromatic heterocycles. The summed E-state index contributed by atoms with van der Waals surface area (Å²) in [5.41, 5.74) is 0. The number of hydrogen-bond acceptors (Lipinski definition) is 4. The topological polar surface area (TPSA) is 66.4 Å². The molecule has 13 heavy (non-hydrogen) atoms. The molecule has 0 rings (SSSR count). The van der Waals surface area contributed by atoms with Crippen LogP contribution in [-0.4, -0.2) is 18.9 Å². The van der Waals surface area contributed by atoms with Crippen LogP contribution in [0.5, 0.6) is 0 Å². The Hall–Kier alpha value is -1.32. The van der Waals surface area contributed by atoms with E-state index < -0.39 is 11.7 Å². The fourth-order valence-corrected chi connectivity index (χ4v) is 0.767. The molecule has 0 amide bonds. The number of carbonyl (C=O) groups excluding carboxylic acids is 2. The highest BCUT2D eigenvalue weighted by molar-refractivity contribution is 5.97. The molecule has 74 valence electrons. The van der Waals surface area contributed by atoms with Crippen LogP contribution in [0.25, 0.3) is 0 Å². The first-order valence-corrected chi connectivity index (χ1v) is 3.97. The molecule has 0 N–H and O–H groups in total. The van der Waals surface area contributed by atoms with E-state index in [0.717, 1.165) is 13.2 Å². The second kappa shape index (κ2) is 5.35. The van der Waals surface area contributed by atoms with Crippen molar-refractivity contribution < 1.29 is 19.4 Å². The average molecular weight is 185 g/mol. The van der Waals surface area contributed by atoms with Crippen LogP contribution in [0.15, 0.2) is 11.8 Å². The zero-order valence-electron chi connectivity index (χ0n) is 7.99. The number of carbonyl (C=O) groups is 2. The number of ether oxygens (including phenoxy) is 1. The van der Waals surface area contributed by atoms with Gasteiger partial charge in [0.05, 0.1) is 7.11 Å². The molecule has 0 aliphatic carbocycles. The smallest absolute Gasteiger partial charge is 0.322 e. The van der Waals surface area contributed by atoms with Crippen molar-refractivity contribution in [1.29, 1.82) is 0 Å². The molecular formula is C9H13O4-. The van der Waals surface area contributed by atoms with Crippen LogP contribution in [0, 0.1) is 5.92 Å². The second-order valence-electron chi connectivity index (χ2n) is 3.06. The largest absolute Gasteiger partial charge is 0.868 e. The Kier molecular flexibility index (Phi) is 4.80. The number of ketones is 1. The molecule has 0 bridgehead atoms. The third kappa shape index (κ3) is 5.00. The normalized spacial score (nSPS) is 11.5. The van der Waals surface area contributed by atoms with Gasteiger partial charge in [0, 0.05) is 6.42 Å². The van der Waals surface area contributed by atoms with Gasteiger partial charge in [-0.05, 0) is 17.8 Å². The van der Waals surface area contributed by atoms with E-state index in [0.29, 0.717) is 0 Å². The van der Waals surface area contributed by atoms with Crippen LogP contribution in [0.4, 0.5) is 0 Å². The standard InChI is InChI=1S/C9H14O4/c1-6(2)4-7(10)5-8(11)9(12)13-3/h5-6,11H,4H2,1-3H3/p-1/b8-5-. The maximum Gasteiger partial charge on any atom is 0.322 e. The molecule has 0 fully saturated rings. The van der Waals surface area contributed by atoms with Gasteiger partial charge in [0.1, 0.15) is 0 Å². The first kappa shape index (κ1) is 11.7. The minimum atomic E-state index is -1.00. The average Bonchev–Trinajstić information content (AvgIpc) is 2.01. The van der Waals surface area contributed by atoms with E-state index in [4.69, 9.17) is 0 Å². The highest BCUT2D eigenvalue weighted by Crippen LogP contribution is 2.01. The van der Waals surface area contributed by atoms with Crippen LogP contribution in [0.2, 0.25) is 0 Å². The summed E-state index contributed by atoms with van der Waals surface area (Å²) in [6.45, 7) is 3.71. The van der Waals surface area contributed by atoms with Crippen molar-refractivity contribution in [3.05, 3.63) is 11.8 Å². The molecule has 4 heteroatoms. The van der Waals surface area contributed by atoms with Gasteiger partial charge in [-0.25, -0.2) is 4.79 Å². The molecule has 0 aromatic carbocycles. The van der Waals surface area contributed by atoms with Crippen LogP contribution in [0.1, 0.15) is 20.3 Å². The Morgan fingerprint density at radius 2 is 2.00 bits per heavy atom. The molecule has 0 atom stereocenters. The molecule has 0 spiro atoms. The summed E-state index contributed by atoms with van der Waals surface area (Å²) < 4.78 is 4.15. The Morgan fingerprint density at radius 3 is 2.38 bits per heavy atom. The van der Waals surface area contributed by atoms with Gasteiger partial charge >= 0.3 is 5.97 Å². The zero-order chi connectivity index (χ0) is 10.4. The summed E-state index contributed by atoms with van der Waals surface area (Å²) in [6.07, 6.45) is 1.05. The Labute approximate surface area is 77.2 Å². The number of methoxy groups -OCH3 is 1. The van der Waals surface area contributed by atoms with E-state index in [-0.39, 0.29) is 18.1 Å². The molecule has 0 heterocycles. The van der Waals surface area contributed by atoms with Crippen molar-refractivity contribution in [2.45, 2.75) is 20.3 Å². The van der Waals surface area contributed by atoms with Gasteiger partial charge < -0.3 is 9.84 Å². The SMILES string of the molecule is COC(=O)/C([O-])=C/C(=O)CC(C)C. The number of rotatable bonds is 4. The fraction of sp³-hybridized carbons (Fsp3) is 0.556. The molecule has 0 unspecified atom stereocenters. The summed E-state index contributed by atoms with van der Waals surface area (Å²) in [7, 11) is 1.10.